The number of nitrogens with zero attached hydrogens (tertiary/aromatic N) is 2. The van der Waals surface area contributed by atoms with Crippen LogP contribution in [-0.2, 0) is 4.74 Å². The molecule has 0 radical (unpaired) electrons. The molecule has 2 N–H and O–H groups in total. The van der Waals surface area contributed by atoms with Crippen LogP contribution in [0, 0.1) is 0 Å². The fourth-order valence-corrected chi connectivity index (χ4v) is 1.55. The number of ether oxygens (including phenoxy) is 1. The number of rotatable bonds is 2. The summed E-state index contributed by atoms with van der Waals surface area (Å²) in [5.74, 6) is 0.664. The van der Waals surface area contributed by atoms with Gasteiger partial charge < -0.3 is 15.4 Å². The molecule has 0 aromatic rings. The van der Waals surface area contributed by atoms with Crippen LogP contribution in [0.2, 0.25) is 0 Å². The summed E-state index contributed by atoms with van der Waals surface area (Å²) in [5, 5.41) is 0. The predicted octanol–water partition coefficient (Wildman–Crippen LogP) is 0.432. The lowest BCUT2D eigenvalue weighted by Gasteiger charge is -2.35. The van der Waals surface area contributed by atoms with Gasteiger partial charge in [-0.2, -0.15) is 0 Å². The van der Waals surface area contributed by atoms with E-state index in [1.807, 2.05) is 6.92 Å². The van der Waals surface area contributed by atoms with Crippen molar-refractivity contribution in [1.82, 2.24) is 4.90 Å². The van der Waals surface area contributed by atoms with Gasteiger partial charge in [0.1, 0.15) is 0 Å². The molecule has 0 aliphatic carbocycles. The number of guanidine groups is 1. The fraction of sp³-hybridized carbons (Fsp3) is 0.889. The molecule has 4 heteroatoms. The molecule has 1 rings (SSSR count). The van der Waals surface area contributed by atoms with E-state index in [2.05, 4.69) is 16.8 Å². The largest absolute Gasteiger partial charge is 0.377 e. The Kier molecular flexibility index (Phi) is 4.02. The van der Waals surface area contributed by atoms with Gasteiger partial charge in [0.15, 0.2) is 5.96 Å². The molecule has 0 aromatic heterocycles. The number of nitrogens with two attached hydrogens (primary N) is 1. The van der Waals surface area contributed by atoms with Gasteiger partial charge in [0.2, 0.25) is 0 Å². The van der Waals surface area contributed by atoms with E-state index in [-0.39, 0.29) is 0 Å². The Balaban J connectivity index is 2.58. The predicted molar refractivity (Wildman–Crippen MR) is 53.8 cm³/mol. The lowest BCUT2D eigenvalue weighted by Crippen LogP contribution is -2.51. The van der Waals surface area contributed by atoms with Gasteiger partial charge in [-0.05, 0) is 13.3 Å². The quantitative estimate of drug-likeness (QED) is 0.501. The summed E-state index contributed by atoms with van der Waals surface area (Å²) < 4.78 is 5.38. The van der Waals surface area contributed by atoms with Crippen LogP contribution in [0.15, 0.2) is 4.99 Å². The molecule has 1 saturated heterocycles. The van der Waals surface area contributed by atoms with E-state index in [0.29, 0.717) is 12.0 Å². The second-order valence-electron chi connectivity index (χ2n) is 3.16. The Morgan fingerprint density at radius 2 is 2.38 bits per heavy atom. The van der Waals surface area contributed by atoms with Crippen molar-refractivity contribution in [2.75, 3.05) is 26.3 Å². The van der Waals surface area contributed by atoms with Crippen LogP contribution < -0.4 is 5.73 Å². The lowest BCUT2D eigenvalue weighted by molar-refractivity contribution is 0.0245. The Labute approximate surface area is 79.8 Å². The summed E-state index contributed by atoms with van der Waals surface area (Å²) in [6.45, 7) is 7.29. The maximum absolute atomic E-state index is 5.85. The minimum atomic E-state index is 0.407. The van der Waals surface area contributed by atoms with Crippen molar-refractivity contribution >= 4 is 5.96 Å². The van der Waals surface area contributed by atoms with Gasteiger partial charge in [-0.1, -0.05) is 6.92 Å². The zero-order chi connectivity index (χ0) is 9.68. The monoisotopic (exact) mass is 185 g/mol. The van der Waals surface area contributed by atoms with Gasteiger partial charge in [-0.3, -0.25) is 4.99 Å². The molecule has 1 unspecified atom stereocenters. The van der Waals surface area contributed by atoms with E-state index < -0.39 is 0 Å². The topological polar surface area (TPSA) is 50.8 Å². The molecule has 1 aliphatic heterocycles. The van der Waals surface area contributed by atoms with Gasteiger partial charge in [0.25, 0.3) is 0 Å². The van der Waals surface area contributed by atoms with Gasteiger partial charge in [-0.15, -0.1) is 0 Å². The summed E-state index contributed by atoms with van der Waals surface area (Å²) in [6, 6.07) is 0.407. The summed E-state index contributed by atoms with van der Waals surface area (Å²) in [6.07, 6.45) is 1.06. The molecule has 0 amide bonds. The van der Waals surface area contributed by atoms with Crippen molar-refractivity contribution in [3.05, 3.63) is 0 Å². The van der Waals surface area contributed by atoms with Crippen LogP contribution in [0.4, 0.5) is 0 Å². The third-order valence-electron chi connectivity index (χ3n) is 2.31. The number of morpholine rings is 1. The van der Waals surface area contributed by atoms with E-state index in [1.165, 1.54) is 0 Å². The highest BCUT2D eigenvalue weighted by atomic mass is 16.5. The molecule has 0 spiro atoms. The first-order valence-corrected chi connectivity index (χ1v) is 4.93. The normalized spacial score (nSPS) is 24.9. The van der Waals surface area contributed by atoms with Crippen LogP contribution in [0.1, 0.15) is 20.3 Å². The number of hydrogen-bond acceptors (Lipinski definition) is 2. The van der Waals surface area contributed by atoms with E-state index in [9.17, 15) is 0 Å². The van der Waals surface area contributed by atoms with Gasteiger partial charge in [-0.25, -0.2) is 0 Å². The zero-order valence-corrected chi connectivity index (χ0v) is 8.49. The molecule has 0 aromatic carbocycles. The van der Waals surface area contributed by atoms with Crippen molar-refractivity contribution < 1.29 is 4.74 Å². The molecule has 1 atom stereocenters. The molecule has 1 aliphatic rings. The average molecular weight is 185 g/mol. The Morgan fingerprint density at radius 1 is 1.62 bits per heavy atom. The van der Waals surface area contributed by atoms with Crippen LogP contribution in [0.5, 0.6) is 0 Å². The number of aliphatic imine (C=N–C) groups is 1. The average Bonchev–Trinajstić information content (AvgIpc) is 2.18. The Morgan fingerprint density at radius 3 is 3.00 bits per heavy atom. The van der Waals surface area contributed by atoms with Crippen molar-refractivity contribution in [2.45, 2.75) is 26.3 Å². The SMILES string of the molecule is CCN=C(N)N1CCOCC1CC. The van der Waals surface area contributed by atoms with E-state index in [1.54, 1.807) is 0 Å². The standard InChI is InChI=1S/C9H19N3O/c1-3-8-7-13-6-5-12(8)9(10)11-4-2/h8H,3-7H2,1-2H3,(H2,10,11). The number of hydrogen-bond donors (Lipinski definition) is 1. The molecule has 1 fully saturated rings. The van der Waals surface area contributed by atoms with Crippen LogP contribution in [0.3, 0.4) is 0 Å². The highest BCUT2D eigenvalue weighted by Gasteiger charge is 2.22. The first-order valence-electron chi connectivity index (χ1n) is 4.93. The molecular formula is C9H19N3O. The molecule has 1 heterocycles. The van der Waals surface area contributed by atoms with Gasteiger partial charge in [0.05, 0.1) is 19.3 Å². The maximum Gasteiger partial charge on any atom is 0.191 e. The summed E-state index contributed by atoms with van der Waals surface area (Å²) in [7, 11) is 0. The third kappa shape index (κ3) is 2.59. The minimum absolute atomic E-state index is 0.407. The van der Waals surface area contributed by atoms with Gasteiger partial charge in [0, 0.05) is 13.1 Å². The molecule has 0 bridgehead atoms. The Hall–Kier alpha value is -0.770. The third-order valence-corrected chi connectivity index (χ3v) is 2.31. The van der Waals surface area contributed by atoms with Crippen LogP contribution >= 0.6 is 0 Å². The van der Waals surface area contributed by atoms with Crippen LogP contribution in [0.25, 0.3) is 0 Å². The molecule has 13 heavy (non-hydrogen) atoms. The smallest absolute Gasteiger partial charge is 0.191 e. The van der Waals surface area contributed by atoms with Crippen LogP contribution in [-0.4, -0.2) is 43.2 Å². The summed E-state index contributed by atoms with van der Waals surface area (Å²) in [5.41, 5.74) is 5.85. The Bertz CT molecular complexity index is 182. The lowest BCUT2D eigenvalue weighted by atomic mass is 10.2. The first-order chi connectivity index (χ1) is 6.29. The van der Waals surface area contributed by atoms with Crippen molar-refractivity contribution in [2.24, 2.45) is 10.7 Å². The summed E-state index contributed by atoms with van der Waals surface area (Å²) in [4.78, 5) is 6.36. The molecule has 0 saturated carbocycles. The van der Waals surface area contributed by atoms with E-state index >= 15 is 0 Å². The molecule has 4 nitrogen and oxygen atoms in total. The molecular weight excluding hydrogens is 166 g/mol. The van der Waals surface area contributed by atoms with Crippen molar-refractivity contribution in [3.8, 4) is 0 Å². The highest BCUT2D eigenvalue weighted by molar-refractivity contribution is 5.78. The van der Waals surface area contributed by atoms with Gasteiger partial charge >= 0.3 is 0 Å². The van der Waals surface area contributed by atoms with Crippen molar-refractivity contribution in [3.63, 3.8) is 0 Å². The second kappa shape index (κ2) is 5.07. The molecule has 76 valence electrons. The first kappa shape index (κ1) is 10.3. The maximum atomic E-state index is 5.85. The van der Waals surface area contributed by atoms with E-state index in [4.69, 9.17) is 10.5 Å². The minimum Gasteiger partial charge on any atom is -0.377 e. The summed E-state index contributed by atoms with van der Waals surface area (Å²) >= 11 is 0. The highest BCUT2D eigenvalue weighted by Crippen LogP contribution is 2.09. The zero-order valence-electron chi connectivity index (χ0n) is 8.49. The fourth-order valence-electron chi connectivity index (χ4n) is 1.55. The van der Waals surface area contributed by atoms with Crippen molar-refractivity contribution in [1.29, 1.82) is 0 Å². The van der Waals surface area contributed by atoms with E-state index in [0.717, 1.165) is 32.7 Å². The second-order valence-corrected chi connectivity index (χ2v) is 3.16.